The molecule has 11 atom stereocenters. The van der Waals surface area contributed by atoms with Crippen molar-refractivity contribution in [1.29, 1.82) is 0 Å². The first-order valence-electron chi connectivity index (χ1n) is 21.2. The normalized spacial score (nSPS) is 30.5. The zero-order chi connectivity index (χ0) is 46.0. The van der Waals surface area contributed by atoms with Crippen LogP contribution in [-0.2, 0) is 38.0 Å². The number of aliphatic hydroxyl groups excluding tert-OH is 1. The summed E-state index contributed by atoms with van der Waals surface area (Å²) in [5.41, 5.74) is -6.05. The second kappa shape index (κ2) is 23.3. The quantitative estimate of drug-likeness (QED) is 0.0628. The first-order valence-corrected chi connectivity index (χ1v) is 24.0. The number of hydrogen-bond donors (Lipinski definition) is 4. The Morgan fingerprint density at radius 2 is 1.45 bits per heavy atom. The van der Waals surface area contributed by atoms with Gasteiger partial charge in [0.25, 0.3) is 5.91 Å². The van der Waals surface area contributed by atoms with E-state index in [1.54, 1.807) is 119 Å². The number of fused-ring (bicyclic) bond motifs is 5. The Labute approximate surface area is 465 Å². The molecular formula is C48H57Ac2NO13S2. The SMILES string of the molecule is CSCOCOC(C(=O)OC1CC2(O)C(OC(=O)c3ccccc3)C3C4(O)COC4CC(OCSC)[C@@]3(C)C(=O)C(O)C(=C1C)C2(C)C)C(NC(=O)c1ccccc1)c1ccccc1.[Ac].[Ac]. The number of benzene rings is 3. The van der Waals surface area contributed by atoms with Crippen LogP contribution in [0, 0.1) is 105 Å². The predicted octanol–water partition coefficient (Wildman–Crippen LogP) is 5.26. The molecule has 2 saturated carbocycles. The van der Waals surface area contributed by atoms with Gasteiger partial charge in [-0.3, -0.25) is 9.59 Å². The fourth-order valence-corrected chi connectivity index (χ4v) is 10.8. The minimum Gasteiger partial charge on any atom is -0.456 e. The van der Waals surface area contributed by atoms with Crippen molar-refractivity contribution >= 4 is 47.2 Å². The van der Waals surface area contributed by atoms with E-state index < -0.39 is 101 Å². The van der Waals surface area contributed by atoms with Crippen molar-refractivity contribution in [2.45, 2.75) is 94.4 Å². The molecule has 1 heterocycles. The molecule has 4 aliphatic rings. The van der Waals surface area contributed by atoms with Gasteiger partial charge in [0.1, 0.15) is 36.3 Å². The molecule has 3 aromatic rings. The molecular weight excluding hydrogens is 1320 g/mol. The van der Waals surface area contributed by atoms with Crippen molar-refractivity contribution in [2.75, 3.05) is 37.8 Å². The molecule has 0 spiro atoms. The molecule has 2 bridgehead atoms. The zero-order valence-corrected chi connectivity index (χ0v) is 49.0. The third-order valence-electron chi connectivity index (χ3n) is 13.8. The first-order chi connectivity index (χ1) is 30.5. The fraction of sp³-hybridized carbons (Fsp3) is 0.500. The van der Waals surface area contributed by atoms with Crippen LogP contribution in [0.25, 0.3) is 0 Å². The van der Waals surface area contributed by atoms with E-state index in [2.05, 4.69) is 5.32 Å². The minimum atomic E-state index is -2.25. The Balaban J connectivity index is 0.00000408. The van der Waals surface area contributed by atoms with E-state index >= 15 is 4.79 Å². The van der Waals surface area contributed by atoms with Crippen LogP contribution in [0.2, 0.25) is 0 Å². The van der Waals surface area contributed by atoms with E-state index in [4.69, 9.17) is 28.4 Å². The van der Waals surface area contributed by atoms with Gasteiger partial charge in [-0.2, -0.15) is 0 Å². The Morgan fingerprint density at radius 3 is 2.03 bits per heavy atom. The molecule has 18 heteroatoms. The molecule has 3 aliphatic carbocycles. The van der Waals surface area contributed by atoms with Crippen LogP contribution in [0.15, 0.2) is 102 Å². The Bertz CT molecular complexity index is 2210. The second-order valence-corrected chi connectivity index (χ2v) is 19.3. The minimum absolute atomic E-state index is 0. The molecule has 350 valence electrons. The number of amides is 1. The number of rotatable bonds is 16. The number of ether oxygens (including phenoxy) is 6. The van der Waals surface area contributed by atoms with Crippen LogP contribution in [0.5, 0.6) is 0 Å². The Hall–Kier alpha value is -1.22. The van der Waals surface area contributed by atoms with Crippen molar-refractivity contribution in [2.24, 2.45) is 16.7 Å². The molecule has 2 radical (unpaired) electrons. The average Bonchev–Trinajstić information content (AvgIpc) is 3.29. The molecule has 3 aromatic carbocycles. The van der Waals surface area contributed by atoms with E-state index in [9.17, 15) is 29.7 Å². The van der Waals surface area contributed by atoms with E-state index in [0.29, 0.717) is 11.1 Å². The number of thioether (sulfide) groups is 2. The summed E-state index contributed by atoms with van der Waals surface area (Å²) in [6.07, 6.45) is -4.93. The van der Waals surface area contributed by atoms with Gasteiger partial charge in [-0.25, -0.2) is 9.59 Å². The maximum absolute atomic E-state index is 15.3. The first kappa shape index (κ1) is 55.7. The predicted molar refractivity (Wildman–Crippen MR) is 239 cm³/mol. The van der Waals surface area contributed by atoms with E-state index in [1.165, 1.54) is 23.5 Å². The third-order valence-corrected chi connectivity index (χ3v) is 14.6. The number of hydrogen-bond acceptors (Lipinski definition) is 15. The van der Waals surface area contributed by atoms with Gasteiger partial charge in [0, 0.05) is 118 Å². The molecule has 0 aromatic heterocycles. The van der Waals surface area contributed by atoms with Crippen molar-refractivity contribution in [1.82, 2.24) is 5.32 Å². The van der Waals surface area contributed by atoms with Crippen molar-refractivity contribution in [3.8, 4) is 0 Å². The monoisotopic (exact) mass is 1370 g/mol. The average molecular weight is 1370 g/mol. The fourth-order valence-electron chi connectivity index (χ4n) is 10.3. The van der Waals surface area contributed by atoms with Gasteiger partial charge in [0.2, 0.25) is 0 Å². The summed E-state index contributed by atoms with van der Waals surface area (Å²) in [5, 5.41) is 41.8. The molecule has 1 aliphatic heterocycles. The number of esters is 2. The van der Waals surface area contributed by atoms with Gasteiger partial charge in [0.05, 0.1) is 47.7 Å². The molecule has 14 nitrogen and oxygen atoms in total. The number of nitrogens with one attached hydrogen (secondary N) is 1. The molecule has 3 fully saturated rings. The number of aliphatic hydroxyl groups is 3. The van der Waals surface area contributed by atoms with Gasteiger partial charge in [0.15, 0.2) is 11.9 Å². The Morgan fingerprint density at radius 1 is 0.864 bits per heavy atom. The van der Waals surface area contributed by atoms with Gasteiger partial charge < -0.3 is 49.1 Å². The molecule has 1 saturated heterocycles. The second-order valence-electron chi connectivity index (χ2n) is 17.6. The van der Waals surface area contributed by atoms with Crippen LogP contribution in [-0.4, -0.2) is 125 Å². The summed E-state index contributed by atoms with van der Waals surface area (Å²) >= 11 is 2.76. The summed E-state index contributed by atoms with van der Waals surface area (Å²) in [7, 11) is 0. The Kier molecular flexibility index (Phi) is 19.7. The maximum Gasteiger partial charge on any atom is 0.338 e. The van der Waals surface area contributed by atoms with Crippen molar-refractivity contribution in [3.05, 3.63) is 119 Å². The van der Waals surface area contributed by atoms with Gasteiger partial charge in [-0.05, 0) is 67.3 Å². The summed E-state index contributed by atoms with van der Waals surface area (Å²) in [4.78, 5) is 58.3. The number of carbonyl (C=O) groups excluding carboxylic acids is 4. The van der Waals surface area contributed by atoms with Crippen molar-refractivity contribution < 1.29 is 151 Å². The largest absolute Gasteiger partial charge is 0.456 e. The van der Waals surface area contributed by atoms with E-state index in [-0.39, 0.29) is 137 Å². The van der Waals surface area contributed by atoms with Crippen LogP contribution < -0.4 is 5.32 Å². The van der Waals surface area contributed by atoms with Gasteiger partial charge in [-0.15, -0.1) is 23.5 Å². The summed E-state index contributed by atoms with van der Waals surface area (Å²) < 4.78 is 36.9. The summed E-state index contributed by atoms with van der Waals surface area (Å²) in [6.45, 7) is 5.86. The van der Waals surface area contributed by atoms with Crippen molar-refractivity contribution in [3.63, 3.8) is 0 Å². The number of ketones is 1. The molecule has 1 amide bonds. The van der Waals surface area contributed by atoms with Crippen LogP contribution >= 0.6 is 23.5 Å². The van der Waals surface area contributed by atoms with Crippen LogP contribution in [0.1, 0.15) is 72.9 Å². The molecule has 10 unspecified atom stereocenters. The number of Topliss-reactive ketones (excluding diaryl/α,β-unsaturated/α-hetero) is 1. The summed E-state index contributed by atoms with van der Waals surface area (Å²) in [6, 6.07) is 24.2. The topological polar surface area (TPSA) is 196 Å². The maximum atomic E-state index is 15.3. The number of carbonyl (C=O) groups is 4. The molecule has 4 N–H and O–H groups in total. The van der Waals surface area contributed by atoms with E-state index in [1.807, 2.05) is 12.5 Å². The standard InChI is InChI=1S/C48H57NO13S2.2Ac/c1-28-32(61-44(54)38(59-25-57-26-63-5)36(29-16-10-7-11-17-29)49-42(52)30-18-12-8-13-19-30)23-48(56)41(62-43(53)31-20-14-9-15-21-31)39-46(4,40(51)37(50)35(28)45(48,2)3)33(60-27-64-6)22-34-47(39,55)24-58-34;;/h7-21,32-34,36-39,41,50,55-56H,22-27H2,1-6H3,(H,49,52);;/t32?,33?,34?,36?,37?,38?,39?,41?,46-,47?,48?;;/m1../s1. The smallest absolute Gasteiger partial charge is 0.338 e. The van der Waals surface area contributed by atoms with Gasteiger partial charge >= 0.3 is 11.9 Å². The molecule has 7 rings (SSSR count). The zero-order valence-electron chi connectivity index (χ0n) is 37.9. The van der Waals surface area contributed by atoms with Crippen LogP contribution in [0.4, 0.5) is 0 Å². The summed E-state index contributed by atoms with van der Waals surface area (Å²) in [5.74, 6) is -4.01. The van der Waals surface area contributed by atoms with Gasteiger partial charge in [-0.1, -0.05) is 80.6 Å². The van der Waals surface area contributed by atoms with Crippen LogP contribution in [0.3, 0.4) is 0 Å². The molecule has 66 heavy (non-hydrogen) atoms. The third kappa shape index (κ3) is 10.5. The van der Waals surface area contributed by atoms with E-state index in [0.717, 1.165) is 0 Å².